The molecule has 1 heterocycles. The number of aromatic nitrogens is 1. The van der Waals surface area contributed by atoms with Gasteiger partial charge in [0.15, 0.2) is 0 Å². The van der Waals surface area contributed by atoms with Crippen LogP contribution in [0, 0.1) is 0 Å². The van der Waals surface area contributed by atoms with Gasteiger partial charge in [-0.3, -0.25) is 4.98 Å². The lowest BCUT2D eigenvalue weighted by Crippen LogP contribution is -1.90. The van der Waals surface area contributed by atoms with Crippen LogP contribution in [0.25, 0.3) is 10.9 Å². The van der Waals surface area contributed by atoms with Gasteiger partial charge in [-0.1, -0.05) is 13.0 Å². The molecular formula is C12H12BrNO. The van der Waals surface area contributed by atoms with Crippen LogP contribution in [0.5, 0.6) is 5.75 Å². The monoisotopic (exact) mass is 265 g/mol. The molecule has 0 N–H and O–H groups in total. The van der Waals surface area contributed by atoms with E-state index in [4.69, 9.17) is 4.74 Å². The number of ether oxygens (including phenoxy) is 1. The van der Waals surface area contributed by atoms with Crippen LogP contribution in [0.4, 0.5) is 0 Å². The molecule has 0 amide bonds. The maximum Gasteiger partial charge on any atom is 0.135 e. The smallest absolute Gasteiger partial charge is 0.135 e. The molecule has 1 aromatic heterocycles. The van der Waals surface area contributed by atoms with Crippen molar-refractivity contribution in [2.75, 3.05) is 7.11 Å². The van der Waals surface area contributed by atoms with E-state index in [1.807, 2.05) is 12.1 Å². The molecule has 0 aliphatic heterocycles. The van der Waals surface area contributed by atoms with Crippen LogP contribution in [0.1, 0.15) is 12.6 Å². The van der Waals surface area contributed by atoms with Crippen LogP contribution in [-0.4, -0.2) is 12.1 Å². The van der Waals surface area contributed by atoms with Crippen molar-refractivity contribution >= 4 is 26.8 Å². The second-order valence-corrected chi connectivity index (χ2v) is 4.19. The van der Waals surface area contributed by atoms with E-state index < -0.39 is 0 Å². The fraction of sp³-hybridized carbons (Fsp3) is 0.250. The van der Waals surface area contributed by atoms with E-state index in [9.17, 15) is 0 Å². The lowest BCUT2D eigenvalue weighted by molar-refractivity contribution is 0.412. The molecule has 0 unspecified atom stereocenters. The molecule has 0 radical (unpaired) electrons. The van der Waals surface area contributed by atoms with Crippen molar-refractivity contribution in [2.45, 2.75) is 13.3 Å². The average Bonchev–Trinajstić information content (AvgIpc) is 2.27. The predicted octanol–water partition coefficient (Wildman–Crippen LogP) is 3.57. The van der Waals surface area contributed by atoms with E-state index in [0.29, 0.717) is 0 Å². The van der Waals surface area contributed by atoms with Gasteiger partial charge in [-0.05, 0) is 34.5 Å². The number of benzene rings is 1. The Bertz CT molecular complexity index is 496. The fourth-order valence-corrected chi connectivity index (χ4v) is 2.04. The van der Waals surface area contributed by atoms with E-state index in [1.54, 1.807) is 7.11 Å². The first kappa shape index (κ1) is 10.4. The topological polar surface area (TPSA) is 22.1 Å². The maximum atomic E-state index is 5.24. The Morgan fingerprint density at radius 2 is 2.13 bits per heavy atom. The number of halogens is 1. The van der Waals surface area contributed by atoms with E-state index in [1.165, 1.54) is 0 Å². The lowest BCUT2D eigenvalue weighted by atomic mass is 10.2. The number of aryl methyl sites for hydroxylation is 1. The van der Waals surface area contributed by atoms with Gasteiger partial charge in [-0.25, -0.2) is 0 Å². The van der Waals surface area contributed by atoms with Gasteiger partial charge < -0.3 is 4.74 Å². The molecule has 0 aliphatic carbocycles. The van der Waals surface area contributed by atoms with Crippen molar-refractivity contribution in [3.63, 3.8) is 0 Å². The first-order chi connectivity index (χ1) is 7.24. The predicted molar refractivity (Wildman–Crippen MR) is 65.4 cm³/mol. The van der Waals surface area contributed by atoms with Gasteiger partial charge in [0.1, 0.15) is 5.75 Å². The summed E-state index contributed by atoms with van der Waals surface area (Å²) in [4.78, 5) is 4.54. The second kappa shape index (κ2) is 4.19. The van der Waals surface area contributed by atoms with Gasteiger partial charge in [-0.2, -0.15) is 0 Å². The molecule has 0 aliphatic rings. The third-order valence-electron chi connectivity index (χ3n) is 2.38. The molecule has 0 saturated carbocycles. The van der Waals surface area contributed by atoms with Gasteiger partial charge in [-0.15, -0.1) is 0 Å². The molecule has 0 fully saturated rings. The van der Waals surface area contributed by atoms with Crippen molar-refractivity contribution in [3.8, 4) is 5.75 Å². The molecule has 2 rings (SSSR count). The molecular weight excluding hydrogens is 254 g/mol. The minimum atomic E-state index is 0.822. The third-order valence-corrected chi connectivity index (χ3v) is 3.00. The highest BCUT2D eigenvalue weighted by molar-refractivity contribution is 9.10. The van der Waals surface area contributed by atoms with Crippen LogP contribution in [0.3, 0.4) is 0 Å². The van der Waals surface area contributed by atoms with Crippen LogP contribution in [0.2, 0.25) is 0 Å². The molecule has 15 heavy (non-hydrogen) atoms. The van der Waals surface area contributed by atoms with Gasteiger partial charge in [0.2, 0.25) is 0 Å². The number of hydrogen-bond donors (Lipinski definition) is 0. The summed E-state index contributed by atoms with van der Waals surface area (Å²) in [7, 11) is 1.66. The highest BCUT2D eigenvalue weighted by Gasteiger charge is 2.04. The Labute approximate surface area is 97.4 Å². The minimum Gasteiger partial charge on any atom is -0.495 e. The Morgan fingerprint density at radius 1 is 1.33 bits per heavy atom. The average molecular weight is 266 g/mol. The summed E-state index contributed by atoms with van der Waals surface area (Å²) < 4.78 is 6.20. The van der Waals surface area contributed by atoms with E-state index in [-0.39, 0.29) is 0 Å². The van der Waals surface area contributed by atoms with Crippen LogP contribution in [0.15, 0.2) is 28.7 Å². The lowest BCUT2D eigenvalue weighted by Gasteiger charge is -2.06. The molecule has 0 spiro atoms. The van der Waals surface area contributed by atoms with Crippen molar-refractivity contribution in [1.29, 1.82) is 0 Å². The summed E-state index contributed by atoms with van der Waals surface area (Å²) in [5.41, 5.74) is 2.08. The number of fused-ring (bicyclic) bond motifs is 1. The summed E-state index contributed by atoms with van der Waals surface area (Å²) in [6.45, 7) is 2.10. The Morgan fingerprint density at radius 3 is 2.80 bits per heavy atom. The highest BCUT2D eigenvalue weighted by atomic mass is 79.9. The van der Waals surface area contributed by atoms with Crippen LogP contribution >= 0.6 is 15.9 Å². The number of hydrogen-bond acceptors (Lipinski definition) is 2. The quantitative estimate of drug-likeness (QED) is 0.829. The van der Waals surface area contributed by atoms with Crippen molar-refractivity contribution in [3.05, 3.63) is 34.4 Å². The van der Waals surface area contributed by atoms with Gasteiger partial charge >= 0.3 is 0 Å². The number of pyridine rings is 1. The number of rotatable bonds is 2. The molecule has 2 aromatic rings. The summed E-state index contributed by atoms with van der Waals surface area (Å²) >= 11 is 3.46. The van der Waals surface area contributed by atoms with Gasteiger partial charge in [0.25, 0.3) is 0 Å². The fourth-order valence-electron chi connectivity index (χ4n) is 1.52. The SMILES string of the molecule is CCc1ccc2cc(Br)c(OC)cc2n1. The highest BCUT2D eigenvalue weighted by Crippen LogP contribution is 2.29. The molecule has 1 aromatic carbocycles. The van der Waals surface area contributed by atoms with Crippen LogP contribution < -0.4 is 4.74 Å². The number of methoxy groups -OCH3 is 1. The zero-order valence-corrected chi connectivity index (χ0v) is 10.3. The Kier molecular flexibility index (Phi) is 2.91. The molecule has 2 nitrogen and oxygen atoms in total. The largest absolute Gasteiger partial charge is 0.495 e. The Hall–Kier alpha value is -1.09. The minimum absolute atomic E-state index is 0.822. The third kappa shape index (κ3) is 1.97. The van der Waals surface area contributed by atoms with E-state index in [0.717, 1.165) is 33.2 Å². The maximum absolute atomic E-state index is 5.24. The molecule has 78 valence electrons. The molecule has 0 atom stereocenters. The van der Waals surface area contributed by atoms with E-state index >= 15 is 0 Å². The van der Waals surface area contributed by atoms with Crippen molar-refractivity contribution < 1.29 is 4.74 Å². The first-order valence-electron chi connectivity index (χ1n) is 4.87. The molecule has 0 bridgehead atoms. The van der Waals surface area contributed by atoms with Gasteiger partial charge in [0, 0.05) is 17.1 Å². The summed E-state index contributed by atoms with van der Waals surface area (Å²) in [6, 6.07) is 8.13. The molecule has 3 heteroatoms. The standard InChI is InChI=1S/C12H12BrNO/c1-3-9-5-4-8-6-10(13)12(15-2)7-11(8)14-9/h4-7H,3H2,1-2H3. The summed E-state index contributed by atoms with van der Waals surface area (Å²) in [5, 5.41) is 1.12. The molecule has 0 saturated heterocycles. The zero-order valence-electron chi connectivity index (χ0n) is 8.75. The second-order valence-electron chi connectivity index (χ2n) is 3.34. The summed E-state index contributed by atoms with van der Waals surface area (Å²) in [5.74, 6) is 0.822. The normalized spacial score (nSPS) is 10.6. The summed E-state index contributed by atoms with van der Waals surface area (Å²) in [6.07, 6.45) is 0.953. The Balaban J connectivity index is 2.66. The zero-order chi connectivity index (χ0) is 10.8. The van der Waals surface area contributed by atoms with Crippen molar-refractivity contribution in [2.24, 2.45) is 0 Å². The van der Waals surface area contributed by atoms with Crippen LogP contribution in [-0.2, 0) is 6.42 Å². The first-order valence-corrected chi connectivity index (χ1v) is 5.67. The number of nitrogens with zero attached hydrogens (tertiary/aromatic N) is 1. The van der Waals surface area contributed by atoms with Gasteiger partial charge in [0.05, 0.1) is 17.1 Å². The van der Waals surface area contributed by atoms with E-state index in [2.05, 4.69) is 40.0 Å². The van der Waals surface area contributed by atoms with Crippen molar-refractivity contribution in [1.82, 2.24) is 4.98 Å².